The molecule has 0 bridgehead atoms. The summed E-state index contributed by atoms with van der Waals surface area (Å²) < 4.78 is 18.6. The first-order valence-electron chi connectivity index (χ1n) is 11.1. The van der Waals surface area contributed by atoms with Crippen LogP contribution in [0.25, 0.3) is 11.1 Å². The number of amides is 2. The number of ether oxygens (including phenoxy) is 1. The molecule has 0 fully saturated rings. The summed E-state index contributed by atoms with van der Waals surface area (Å²) in [5, 5.41) is 5.73. The highest BCUT2D eigenvalue weighted by Crippen LogP contribution is 2.29. The Balaban J connectivity index is 1.55. The molecule has 6 heteroatoms. The van der Waals surface area contributed by atoms with Crippen LogP contribution in [0, 0.1) is 17.7 Å². The quantitative estimate of drug-likeness (QED) is 0.361. The minimum Gasteiger partial charge on any atom is -0.497 e. The fraction of sp³-hybridized carbons (Fsp3) is 0.103. The number of hydrogen-bond acceptors (Lipinski definition) is 3. The molecule has 0 atom stereocenters. The number of nitrogens with one attached hydrogen (secondary N) is 2. The summed E-state index contributed by atoms with van der Waals surface area (Å²) in [5.74, 6) is 6.67. The Morgan fingerprint density at radius 2 is 1.86 bits per heavy atom. The molecule has 4 aromatic rings. The molecule has 5 nitrogen and oxygen atoms in total. The van der Waals surface area contributed by atoms with Crippen molar-refractivity contribution in [2.24, 2.45) is 0 Å². The standard InChI is InChI=1S/C29H24FN3O2/c1-35-27-6-2-5-23(19-27)28-14-13-26(18-24(28)10-7-21-8-11-25(30)12-9-21)33-29(34)32-17-15-22-4-3-16-31-20-22/h2-6,8-9,11-14,16,18-20H,15,17H2,1H3,(H2,32,33,34). The minimum absolute atomic E-state index is 0.305. The van der Waals surface area contributed by atoms with Gasteiger partial charge in [-0.25, -0.2) is 9.18 Å². The number of carbonyl (C=O) groups excluding carboxylic acids is 1. The third kappa shape index (κ3) is 6.68. The van der Waals surface area contributed by atoms with Crippen LogP contribution in [0.15, 0.2) is 91.3 Å². The van der Waals surface area contributed by atoms with E-state index in [9.17, 15) is 9.18 Å². The van der Waals surface area contributed by atoms with Crippen LogP contribution in [0.3, 0.4) is 0 Å². The number of halogens is 1. The zero-order valence-corrected chi connectivity index (χ0v) is 19.2. The van der Waals surface area contributed by atoms with E-state index in [0.717, 1.165) is 28.0 Å². The molecule has 2 N–H and O–H groups in total. The predicted molar refractivity (Wildman–Crippen MR) is 136 cm³/mol. The van der Waals surface area contributed by atoms with E-state index in [-0.39, 0.29) is 11.8 Å². The van der Waals surface area contributed by atoms with E-state index in [1.54, 1.807) is 31.6 Å². The summed E-state index contributed by atoms with van der Waals surface area (Å²) in [6.07, 6.45) is 4.18. The largest absolute Gasteiger partial charge is 0.497 e. The second-order valence-electron chi connectivity index (χ2n) is 7.74. The van der Waals surface area contributed by atoms with Gasteiger partial charge in [0.05, 0.1) is 7.11 Å². The second-order valence-corrected chi connectivity index (χ2v) is 7.74. The van der Waals surface area contributed by atoms with Crippen LogP contribution in [0.2, 0.25) is 0 Å². The lowest BCUT2D eigenvalue weighted by Crippen LogP contribution is -2.30. The first kappa shape index (κ1) is 23.5. The average Bonchev–Trinajstić information content (AvgIpc) is 2.89. The van der Waals surface area contributed by atoms with Gasteiger partial charge in [0.25, 0.3) is 0 Å². The molecule has 174 valence electrons. The van der Waals surface area contributed by atoms with Gasteiger partial charge in [0.1, 0.15) is 11.6 Å². The summed E-state index contributed by atoms with van der Waals surface area (Å²) in [4.78, 5) is 16.5. The summed E-state index contributed by atoms with van der Waals surface area (Å²) in [5.41, 5.74) is 4.89. The van der Waals surface area contributed by atoms with Crippen molar-refractivity contribution in [2.75, 3.05) is 19.0 Å². The van der Waals surface area contributed by atoms with Crippen LogP contribution in [0.4, 0.5) is 14.9 Å². The van der Waals surface area contributed by atoms with E-state index in [1.165, 1.54) is 12.1 Å². The highest BCUT2D eigenvalue weighted by atomic mass is 19.1. The molecule has 0 aliphatic heterocycles. The molecule has 0 aliphatic carbocycles. The molecule has 0 saturated carbocycles. The molecule has 0 unspecified atom stereocenters. The fourth-order valence-corrected chi connectivity index (χ4v) is 3.48. The third-order valence-corrected chi connectivity index (χ3v) is 5.27. The Kier molecular flexibility index (Phi) is 7.72. The van der Waals surface area contributed by atoms with Crippen LogP contribution in [-0.4, -0.2) is 24.7 Å². The first-order valence-corrected chi connectivity index (χ1v) is 11.1. The number of nitrogens with zero attached hydrogens (tertiary/aromatic N) is 1. The van der Waals surface area contributed by atoms with E-state index >= 15 is 0 Å². The molecule has 3 aromatic carbocycles. The van der Waals surface area contributed by atoms with Crippen molar-refractivity contribution >= 4 is 11.7 Å². The highest BCUT2D eigenvalue weighted by Gasteiger charge is 2.09. The highest BCUT2D eigenvalue weighted by molar-refractivity contribution is 5.90. The minimum atomic E-state index is -0.312. The van der Waals surface area contributed by atoms with Crippen LogP contribution < -0.4 is 15.4 Å². The lowest BCUT2D eigenvalue weighted by molar-refractivity contribution is 0.252. The van der Waals surface area contributed by atoms with E-state index < -0.39 is 0 Å². The van der Waals surface area contributed by atoms with Crippen molar-refractivity contribution in [3.63, 3.8) is 0 Å². The molecule has 1 heterocycles. The van der Waals surface area contributed by atoms with Crippen molar-refractivity contribution in [3.05, 3.63) is 114 Å². The molecular formula is C29H24FN3O2. The van der Waals surface area contributed by atoms with Crippen molar-refractivity contribution < 1.29 is 13.9 Å². The number of hydrogen-bond donors (Lipinski definition) is 2. The smallest absolute Gasteiger partial charge is 0.319 e. The molecule has 1 aromatic heterocycles. The number of benzene rings is 3. The van der Waals surface area contributed by atoms with Crippen molar-refractivity contribution in [1.29, 1.82) is 0 Å². The van der Waals surface area contributed by atoms with Gasteiger partial charge in [0.2, 0.25) is 0 Å². The maximum Gasteiger partial charge on any atom is 0.319 e. The monoisotopic (exact) mass is 465 g/mol. The fourth-order valence-electron chi connectivity index (χ4n) is 3.48. The second kappa shape index (κ2) is 11.5. The van der Waals surface area contributed by atoms with E-state index in [2.05, 4.69) is 27.5 Å². The summed E-state index contributed by atoms with van der Waals surface area (Å²) >= 11 is 0. The number of anilines is 1. The summed E-state index contributed by atoms with van der Waals surface area (Å²) in [7, 11) is 1.62. The van der Waals surface area contributed by atoms with Gasteiger partial charge in [0, 0.05) is 35.8 Å². The maximum absolute atomic E-state index is 13.3. The molecule has 4 rings (SSSR count). The lowest BCUT2D eigenvalue weighted by atomic mass is 9.98. The average molecular weight is 466 g/mol. The molecule has 0 aliphatic rings. The van der Waals surface area contributed by atoms with Gasteiger partial charge >= 0.3 is 6.03 Å². The number of urea groups is 1. The zero-order valence-electron chi connectivity index (χ0n) is 19.2. The Labute approximate surface area is 204 Å². The molecule has 0 saturated heterocycles. The van der Waals surface area contributed by atoms with Gasteiger partial charge in [-0.05, 0) is 77.7 Å². The van der Waals surface area contributed by atoms with Gasteiger partial charge in [-0.2, -0.15) is 0 Å². The van der Waals surface area contributed by atoms with Gasteiger partial charge in [-0.1, -0.05) is 36.1 Å². The topological polar surface area (TPSA) is 63.2 Å². The van der Waals surface area contributed by atoms with E-state index in [4.69, 9.17) is 4.74 Å². The van der Waals surface area contributed by atoms with E-state index in [0.29, 0.717) is 24.2 Å². The normalized spacial score (nSPS) is 10.1. The summed E-state index contributed by atoms with van der Waals surface area (Å²) in [6, 6.07) is 22.8. The number of methoxy groups -OCH3 is 1. The number of pyridine rings is 1. The maximum atomic E-state index is 13.3. The molecule has 0 spiro atoms. The Bertz CT molecular complexity index is 1360. The third-order valence-electron chi connectivity index (χ3n) is 5.27. The molecular weight excluding hydrogens is 441 g/mol. The molecule has 0 radical (unpaired) electrons. The molecule has 35 heavy (non-hydrogen) atoms. The Morgan fingerprint density at radius 3 is 2.63 bits per heavy atom. The van der Waals surface area contributed by atoms with Crippen molar-refractivity contribution in [1.82, 2.24) is 10.3 Å². The van der Waals surface area contributed by atoms with Crippen molar-refractivity contribution in [2.45, 2.75) is 6.42 Å². The lowest BCUT2D eigenvalue weighted by Gasteiger charge is -2.11. The number of carbonyl (C=O) groups is 1. The Hall–Kier alpha value is -4.63. The zero-order chi connectivity index (χ0) is 24.5. The molecule has 2 amide bonds. The van der Waals surface area contributed by atoms with Gasteiger partial charge in [-0.3, -0.25) is 4.98 Å². The van der Waals surface area contributed by atoms with Gasteiger partial charge < -0.3 is 15.4 Å². The first-order chi connectivity index (χ1) is 17.1. The number of rotatable bonds is 6. The van der Waals surface area contributed by atoms with Gasteiger partial charge in [0.15, 0.2) is 0 Å². The van der Waals surface area contributed by atoms with Crippen LogP contribution >= 0.6 is 0 Å². The number of aromatic nitrogens is 1. The predicted octanol–water partition coefficient (Wildman–Crippen LogP) is 5.66. The van der Waals surface area contributed by atoms with Gasteiger partial charge in [-0.15, -0.1) is 0 Å². The van der Waals surface area contributed by atoms with Crippen molar-refractivity contribution in [3.8, 4) is 28.7 Å². The summed E-state index contributed by atoms with van der Waals surface area (Å²) in [6.45, 7) is 0.483. The van der Waals surface area contributed by atoms with E-state index in [1.807, 2.05) is 54.6 Å². The Morgan fingerprint density at radius 1 is 1.00 bits per heavy atom. The van der Waals surface area contributed by atoms with Crippen LogP contribution in [0.5, 0.6) is 5.75 Å². The van der Waals surface area contributed by atoms with Crippen LogP contribution in [-0.2, 0) is 6.42 Å². The SMILES string of the molecule is COc1cccc(-c2ccc(NC(=O)NCCc3cccnc3)cc2C#Cc2ccc(F)cc2)c1. The van der Waals surface area contributed by atoms with Crippen LogP contribution in [0.1, 0.15) is 16.7 Å².